The van der Waals surface area contributed by atoms with Crippen LogP contribution in [-0.2, 0) is 11.9 Å². The number of aryl methyl sites for hydroxylation is 1. The summed E-state index contributed by atoms with van der Waals surface area (Å²) in [5, 5.41) is 9.07. The first kappa shape index (κ1) is 20.2. The van der Waals surface area contributed by atoms with Crippen LogP contribution in [0.5, 0.6) is 0 Å². The molecule has 2 aromatic heterocycles. The summed E-state index contributed by atoms with van der Waals surface area (Å²) >= 11 is 1.21. The SMILES string of the molecule is Cc1ccc(-n2c(SCc3ccccc3C(F)(F)F)nnc2-c2cccnc2)cc1. The van der Waals surface area contributed by atoms with Crippen LogP contribution in [0.25, 0.3) is 17.1 Å². The standard InChI is InChI=1S/C22H17F3N4S/c1-15-8-10-18(11-9-15)29-20(16-6-4-12-26-13-16)27-28-21(29)30-14-17-5-2-3-7-19(17)22(23,24)25/h2-13H,14H2,1H3. The van der Waals surface area contributed by atoms with E-state index in [1.54, 1.807) is 24.5 Å². The van der Waals surface area contributed by atoms with Gasteiger partial charge >= 0.3 is 6.18 Å². The fourth-order valence-corrected chi connectivity index (χ4v) is 3.99. The number of nitrogens with zero attached hydrogens (tertiary/aromatic N) is 4. The van der Waals surface area contributed by atoms with Crippen molar-refractivity contribution in [1.82, 2.24) is 19.7 Å². The number of thioether (sulfide) groups is 1. The summed E-state index contributed by atoms with van der Waals surface area (Å²) in [7, 11) is 0. The predicted octanol–water partition coefficient (Wildman–Crippen LogP) is 5.95. The first-order valence-corrected chi connectivity index (χ1v) is 10.1. The van der Waals surface area contributed by atoms with Crippen LogP contribution < -0.4 is 0 Å². The lowest BCUT2D eigenvalue weighted by molar-refractivity contribution is -0.138. The Morgan fingerprint density at radius 2 is 1.70 bits per heavy atom. The molecule has 4 rings (SSSR count). The lowest BCUT2D eigenvalue weighted by Gasteiger charge is -2.13. The second kappa shape index (κ2) is 8.31. The van der Waals surface area contributed by atoms with Crippen molar-refractivity contribution in [2.75, 3.05) is 0 Å². The molecule has 4 nitrogen and oxygen atoms in total. The van der Waals surface area contributed by atoms with Gasteiger partial charge in [-0.2, -0.15) is 13.2 Å². The van der Waals surface area contributed by atoms with Gasteiger partial charge in [-0.1, -0.05) is 47.7 Å². The molecule has 8 heteroatoms. The zero-order valence-corrected chi connectivity index (χ0v) is 16.8. The lowest BCUT2D eigenvalue weighted by Crippen LogP contribution is -2.08. The first-order valence-electron chi connectivity index (χ1n) is 9.14. The molecule has 30 heavy (non-hydrogen) atoms. The van der Waals surface area contributed by atoms with Gasteiger partial charge in [-0.25, -0.2) is 0 Å². The number of pyridine rings is 1. The van der Waals surface area contributed by atoms with Crippen LogP contribution >= 0.6 is 11.8 Å². The summed E-state index contributed by atoms with van der Waals surface area (Å²) in [6.45, 7) is 1.99. The lowest BCUT2D eigenvalue weighted by atomic mass is 10.1. The third-order valence-electron chi connectivity index (χ3n) is 4.52. The molecule has 0 aliphatic heterocycles. The predicted molar refractivity (Wildman–Crippen MR) is 110 cm³/mol. The number of rotatable bonds is 5. The quantitative estimate of drug-likeness (QED) is 0.370. The van der Waals surface area contributed by atoms with Crippen molar-refractivity contribution in [3.05, 3.63) is 89.7 Å². The molecule has 0 N–H and O–H groups in total. The average molecular weight is 426 g/mol. The van der Waals surface area contributed by atoms with Crippen LogP contribution in [0.3, 0.4) is 0 Å². The third-order valence-corrected chi connectivity index (χ3v) is 5.50. The van der Waals surface area contributed by atoms with E-state index in [4.69, 9.17) is 0 Å². The first-order chi connectivity index (χ1) is 14.4. The molecule has 0 amide bonds. The van der Waals surface area contributed by atoms with Gasteiger partial charge in [0.2, 0.25) is 0 Å². The van der Waals surface area contributed by atoms with Gasteiger partial charge in [0.05, 0.1) is 5.56 Å². The molecule has 0 saturated carbocycles. The molecule has 2 aromatic carbocycles. The third kappa shape index (κ3) is 4.23. The summed E-state index contributed by atoms with van der Waals surface area (Å²) in [5.41, 5.74) is 2.27. The summed E-state index contributed by atoms with van der Waals surface area (Å²) in [4.78, 5) is 4.14. The second-order valence-electron chi connectivity index (χ2n) is 6.66. The van der Waals surface area contributed by atoms with Crippen molar-refractivity contribution in [3.8, 4) is 17.1 Å². The summed E-state index contributed by atoms with van der Waals surface area (Å²) < 4.78 is 41.8. The number of benzene rings is 2. The van der Waals surface area contributed by atoms with Crippen molar-refractivity contribution in [2.45, 2.75) is 24.0 Å². The van der Waals surface area contributed by atoms with Crippen LogP contribution in [-0.4, -0.2) is 19.7 Å². The van der Waals surface area contributed by atoms with E-state index in [0.717, 1.165) is 22.9 Å². The Morgan fingerprint density at radius 3 is 2.40 bits per heavy atom. The molecule has 0 spiro atoms. The van der Waals surface area contributed by atoms with E-state index in [0.29, 0.717) is 11.0 Å². The number of aromatic nitrogens is 4. The molecule has 0 bridgehead atoms. The van der Waals surface area contributed by atoms with Crippen LogP contribution in [0.4, 0.5) is 13.2 Å². The van der Waals surface area contributed by atoms with Crippen molar-refractivity contribution in [1.29, 1.82) is 0 Å². The van der Waals surface area contributed by atoms with Crippen LogP contribution in [0, 0.1) is 6.92 Å². The minimum Gasteiger partial charge on any atom is -0.270 e. The zero-order chi connectivity index (χ0) is 21.1. The minimum atomic E-state index is -4.40. The number of hydrogen-bond donors (Lipinski definition) is 0. The van der Waals surface area contributed by atoms with E-state index >= 15 is 0 Å². The Balaban J connectivity index is 1.73. The molecule has 0 radical (unpaired) electrons. The smallest absolute Gasteiger partial charge is 0.270 e. The summed E-state index contributed by atoms with van der Waals surface area (Å²) in [5.74, 6) is 0.700. The van der Waals surface area contributed by atoms with E-state index in [9.17, 15) is 13.2 Å². The molecular weight excluding hydrogens is 409 g/mol. The van der Waals surface area contributed by atoms with Gasteiger partial charge in [-0.05, 0) is 42.8 Å². The van der Waals surface area contributed by atoms with Gasteiger partial charge in [-0.15, -0.1) is 10.2 Å². The van der Waals surface area contributed by atoms with Gasteiger partial charge in [0, 0.05) is 29.4 Å². The number of hydrogen-bond acceptors (Lipinski definition) is 4. The van der Waals surface area contributed by atoms with Crippen LogP contribution in [0.1, 0.15) is 16.7 Å². The highest BCUT2D eigenvalue weighted by Gasteiger charge is 2.33. The van der Waals surface area contributed by atoms with Gasteiger partial charge in [0.1, 0.15) is 0 Å². The molecule has 0 aliphatic carbocycles. The van der Waals surface area contributed by atoms with E-state index in [2.05, 4.69) is 15.2 Å². The Labute approximate surface area is 175 Å². The molecule has 152 valence electrons. The maximum absolute atomic E-state index is 13.3. The molecule has 0 fully saturated rings. The molecule has 0 aliphatic rings. The summed E-state index contributed by atoms with van der Waals surface area (Å²) in [6.07, 6.45) is -1.05. The van der Waals surface area contributed by atoms with Gasteiger partial charge in [0.15, 0.2) is 11.0 Å². The molecule has 0 unspecified atom stereocenters. The van der Waals surface area contributed by atoms with Crippen molar-refractivity contribution >= 4 is 11.8 Å². The maximum Gasteiger partial charge on any atom is 0.416 e. The highest BCUT2D eigenvalue weighted by atomic mass is 32.2. The average Bonchev–Trinajstić information content (AvgIpc) is 3.17. The van der Waals surface area contributed by atoms with Crippen LogP contribution in [0.15, 0.2) is 78.2 Å². The van der Waals surface area contributed by atoms with Crippen LogP contribution in [0.2, 0.25) is 0 Å². The second-order valence-corrected chi connectivity index (χ2v) is 7.60. The zero-order valence-electron chi connectivity index (χ0n) is 16.0. The summed E-state index contributed by atoms with van der Waals surface area (Å²) in [6, 6.07) is 17.1. The van der Waals surface area contributed by atoms with Crippen molar-refractivity contribution in [2.24, 2.45) is 0 Å². The van der Waals surface area contributed by atoms with E-state index in [-0.39, 0.29) is 11.3 Å². The number of alkyl halides is 3. The van der Waals surface area contributed by atoms with Gasteiger partial charge in [0.25, 0.3) is 0 Å². The fourth-order valence-electron chi connectivity index (χ4n) is 3.04. The Hall–Kier alpha value is -3.13. The largest absolute Gasteiger partial charge is 0.416 e. The van der Waals surface area contributed by atoms with Gasteiger partial charge < -0.3 is 0 Å². The van der Waals surface area contributed by atoms with Crippen molar-refractivity contribution < 1.29 is 13.2 Å². The molecule has 2 heterocycles. The topological polar surface area (TPSA) is 43.6 Å². The number of halogens is 3. The molecule has 0 atom stereocenters. The molecule has 0 saturated heterocycles. The van der Waals surface area contributed by atoms with E-state index in [1.165, 1.54) is 23.9 Å². The van der Waals surface area contributed by atoms with E-state index in [1.807, 2.05) is 41.8 Å². The molecular formula is C22H17F3N4S. The minimum absolute atomic E-state index is 0.118. The Kier molecular flexibility index (Phi) is 5.59. The molecule has 4 aromatic rings. The normalized spacial score (nSPS) is 11.6. The van der Waals surface area contributed by atoms with Gasteiger partial charge in [-0.3, -0.25) is 9.55 Å². The Bertz CT molecular complexity index is 1140. The monoisotopic (exact) mass is 426 g/mol. The highest BCUT2D eigenvalue weighted by Crippen LogP contribution is 2.35. The highest BCUT2D eigenvalue weighted by molar-refractivity contribution is 7.98. The maximum atomic E-state index is 13.3. The van der Waals surface area contributed by atoms with Crippen molar-refractivity contribution in [3.63, 3.8) is 0 Å². The Morgan fingerprint density at radius 1 is 0.933 bits per heavy atom. The fraction of sp³-hybridized carbons (Fsp3) is 0.136. The van der Waals surface area contributed by atoms with E-state index < -0.39 is 11.7 Å².